The second-order valence-electron chi connectivity index (χ2n) is 11.3. The van der Waals surface area contributed by atoms with E-state index < -0.39 is 0 Å². The highest BCUT2D eigenvalue weighted by atomic mass is 16.5. The molecule has 39 heavy (non-hydrogen) atoms. The smallest absolute Gasteiger partial charge is 0.161 e. The molecule has 2 aliphatic heterocycles. The van der Waals surface area contributed by atoms with E-state index in [0.29, 0.717) is 12.1 Å². The summed E-state index contributed by atoms with van der Waals surface area (Å²) in [6, 6.07) is 21.2. The van der Waals surface area contributed by atoms with E-state index in [0.717, 1.165) is 80.0 Å². The van der Waals surface area contributed by atoms with Crippen molar-refractivity contribution in [3.05, 3.63) is 77.5 Å². The Balaban J connectivity index is 1.33. The predicted octanol–water partition coefficient (Wildman–Crippen LogP) is 5.91. The van der Waals surface area contributed by atoms with E-state index >= 15 is 0 Å². The summed E-state index contributed by atoms with van der Waals surface area (Å²) in [7, 11) is 0. The largest absolute Gasteiger partial charge is 0.508 e. The second kappa shape index (κ2) is 11.1. The van der Waals surface area contributed by atoms with Crippen molar-refractivity contribution in [1.82, 2.24) is 24.6 Å². The Kier molecular flexibility index (Phi) is 7.38. The predicted molar refractivity (Wildman–Crippen MR) is 154 cm³/mol. The van der Waals surface area contributed by atoms with Crippen LogP contribution in [0.15, 0.2) is 60.7 Å². The van der Waals surface area contributed by atoms with Crippen LogP contribution in [0.3, 0.4) is 0 Å². The van der Waals surface area contributed by atoms with Crippen molar-refractivity contribution in [2.75, 3.05) is 19.7 Å². The molecule has 3 unspecified atom stereocenters. The number of hydrogen-bond donors (Lipinski definition) is 1. The van der Waals surface area contributed by atoms with Gasteiger partial charge in [0.2, 0.25) is 0 Å². The number of aromatic nitrogens is 3. The molecule has 6 rings (SSSR count). The summed E-state index contributed by atoms with van der Waals surface area (Å²) in [4.78, 5) is 10.3. The summed E-state index contributed by atoms with van der Waals surface area (Å²) in [5, 5.41) is 16.0. The van der Waals surface area contributed by atoms with Gasteiger partial charge in [-0.25, -0.2) is 9.67 Å². The summed E-state index contributed by atoms with van der Waals surface area (Å²) in [6.07, 6.45) is 3.11. The van der Waals surface area contributed by atoms with Crippen LogP contribution in [0.2, 0.25) is 0 Å². The van der Waals surface area contributed by atoms with E-state index in [-0.39, 0.29) is 12.0 Å². The molecular formula is C32H39N5O2. The Hall–Kier alpha value is -3.26. The Labute approximate surface area is 231 Å². The van der Waals surface area contributed by atoms with Crippen molar-refractivity contribution >= 4 is 11.0 Å². The molecule has 4 heterocycles. The van der Waals surface area contributed by atoms with Gasteiger partial charge in [-0.05, 0) is 81.5 Å². The third-order valence-corrected chi connectivity index (χ3v) is 8.36. The third kappa shape index (κ3) is 5.44. The number of fused-ring (bicyclic) bond motifs is 1. The molecule has 7 heteroatoms. The minimum absolute atomic E-state index is 0.0779. The van der Waals surface area contributed by atoms with E-state index in [1.807, 2.05) is 16.8 Å². The van der Waals surface area contributed by atoms with Gasteiger partial charge in [0.25, 0.3) is 0 Å². The molecule has 4 aromatic rings. The summed E-state index contributed by atoms with van der Waals surface area (Å²) < 4.78 is 8.15. The van der Waals surface area contributed by atoms with Crippen molar-refractivity contribution in [2.24, 2.45) is 0 Å². The van der Waals surface area contributed by atoms with Gasteiger partial charge in [0.1, 0.15) is 5.75 Å². The Morgan fingerprint density at radius 1 is 0.923 bits per heavy atom. The number of phenols is 1. The molecule has 0 amide bonds. The molecule has 1 N–H and O–H groups in total. The first kappa shape index (κ1) is 26.0. The normalized spacial score (nSPS) is 22.9. The fourth-order valence-electron chi connectivity index (χ4n) is 6.17. The van der Waals surface area contributed by atoms with Crippen LogP contribution in [0, 0.1) is 6.92 Å². The Morgan fingerprint density at radius 3 is 2.33 bits per heavy atom. The molecule has 2 aromatic carbocycles. The number of phenolic OH excluding ortho intramolecular Hbond substituents is 1. The summed E-state index contributed by atoms with van der Waals surface area (Å²) >= 11 is 0. The molecule has 7 nitrogen and oxygen atoms in total. The van der Waals surface area contributed by atoms with Gasteiger partial charge in [-0.3, -0.25) is 9.80 Å². The summed E-state index contributed by atoms with van der Waals surface area (Å²) in [5.74, 6) is 0.257. The van der Waals surface area contributed by atoms with Crippen molar-refractivity contribution in [3.63, 3.8) is 0 Å². The van der Waals surface area contributed by atoms with Gasteiger partial charge in [-0.1, -0.05) is 30.3 Å². The lowest BCUT2D eigenvalue weighted by Gasteiger charge is -2.44. The first-order valence-corrected chi connectivity index (χ1v) is 14.3. The molecular weight excluding hydrogens is 486 g/mol. The number of aryl methyl sites for hydroxylation is 1. The molecule has 3 atom stereocenters. The number of rotatable bonds is 6. The van der Waals surface area contributed by atoms with E-state index in [1.54, 1.807) is 12.1 Å². The fraction of sp³-hybridized carbons (Fsp3) is 0.438. The highest BCUT2D eigenvalue weighted by Gasteiger charge is 2.30. The molecule has 0 radical (unpaired) electrons. The lowest BCUT2D eigenvalue weighted by molar-refractivity contribution is -0.0371. The van der Waals surface area contributed by atoms with Crippen molar-refractivity contribution in [2.45, 2.75) is 71.4 Å². The van der Waals surface area contributed by atoms with Gasteiger partial charge in [-0.2, -0.15) is 5.10 Å². The van der Waals surface area contributed by atoms with Crippen LogP contribution >= 0.6 is 0 Å². The lowest BCUT2D eigenvalue weighted by atomic mass is 10.0. The Bertz CT molecular complexity index is 1410. The second-order valence-corrected chi connectivity index (χ2v) is 11.3. The zero-order chi connectivity index (χ0) is 26.9. The van der Waals surface area contributed by atoms with Crippen molar-refractivity contribution in [1.29, 1.82) is 0 Å². The standard InChI is InChI=1S/C32H39N5O2/c1-22-19-36(23(2)18-35(22)20-25-9-5-4-6-10-25)21-27-17-29(26-12-14-28(38)15-13-26)33-32-31(27)24(3)34-37(32)30-11-7-8-16-39-30/h4-6,9-10,12-15,17,22-23,30,38H,7-8,11,16,18-21H2,1-3H3. The minimum Gasteiger partial charge on any atom is -0.508 e. The van der Waals surface area contributed by atoms with Gasteiger partial charge >= 0.3 is 0 Å². The first-order chi connectivity index (χ1) is 19.0. The van der Waals surface area contributed by atoms with Crippen molar-refractivity contribution < 1.29 is 9.84 Å². The van der Waals surface area contributed by atoms with Crippen LogP contribution in [-0.4, -0.2) is 61.5 Å². The van der Waals surface area contributed by atoms with Crippen LogP contribution in [0.4, 0.5) is 0 Å². The number of aromatic hydroxyl groups is 1. The van der Waals surface area contributed by atoms with Crippen molar-refractivity contribution in [3.8, 4) is 17.0 Å². The van der Waals surface area contributed by atoms with Crippen LogP contribution in [0.25, 0.3) is 22.3 Å². The monoisotopic (exact) mass is 525 g/mol. The SMILES string of the molecule is Cc1nn(C2CCCCO2)c2nc(-c3ccc(O)cc3)cc(CN3CC(C)N(Cc4ccccc4)CC3C)c12. The molecule has 2 aliphatic rings. The molecule has 2 saturated heterocycles. The van der Waals surface area contributed by atoms with E-state index in [1.165, 1.54) is 11.1 Å². The average molecular weight is 526 g/mol. The number of ether oxygens (including phenoxy) is 1. The van der Waals surface area contributed by atoms with Gasteiger partial charge in [-0.15, -0.1) is 0 Å². The number of piperazine rings is 1. The van der Waals surface area contributed by atoms with E-state index in [4.69, 9.17) is 14.8 Å². The van der Waals surface area contributed by atoms with Crippen LogP contribution in [0.5, 0.6) is 5.75 Å². The molecule has 0 bridgehead atoms. The lowest BCUT2D eigenvalue weighted by Crippen LogP contribution is -2.55. The van der Waals surface area contributed by atoms with Gasteiger partial charge < -0.3 is 9.84 Å². The summed E-state index contributed by atoms with van der Waals surface area (Å²) in [6.45, 7) is 11.4. The zero-order valence-corrected chi connectivity index (χ0v) is 23.3. The quantitative estimate of drug-likeness (QED) is 0.338. The molecule has 0 spiro atoms. The Morgan fingerprint density at radius 2 is 1.64 bits per heavy atom. The molecule has 204 valence electrons. The van der Waals surface area contributed by atoms with Gasteiger partial charge in [0.05, 0.1) is 11.4 Å². The molecule has 0 saturated carbocycles. The highest BCUT2D eigenvalue weighted by molar-refractivity contribution is 5.85. The number of benzene rings is 2. The maximum atomic E-state index is 9.87. The zero-order valence-electron chi connectivity index (χ0n) is 23.3. The summed E-state index contributed by atoms with van der Waals surface area (Å²) in [5.41, 5.74) is 6.40. The van der Waals surface area contributed by atoms with Gasteiger partial charge in [0.15, 0.2) is 11.9 Å². The highest BCUT2D eigenvalue weighted by Crippen LogP contribution is 2.33. The fourth-order valence-corrected chi connectivity index (χ4v) is 6.17. The van der Waals surface area contributed by atoms with Crippen LogP contribution in [0.1, 0.15) is 56.2 Å². The maximum absolute atomic E-state index is 9.87. The maximum Gasteiger partial charge on any atom is 0.161 e. The average Bonchev–Trinajstić information content (AvgIpc) is 3.29. The molecule has 0 aliphatic carbocycles. The number of pyridine rings is 1. The van der Waals surface area contributed by atoms with Gasteiger partial charge in [0, 0.05) is 55.8 Å². The van der Waals surface area contributed by atoms with E-state index in [2.05, 4.69) is 67.0 Å². The molecule has 2 fully saturated rings. The van der Waals surface area contributed by atoms with Crippen LogP contribution in [-0.2, 0) is 17.8 Å². The minimum atomic E-state index is -0.0779. The number of nitrogens with zero attached hydrogens (tertiary/aromatic N) is 5. The topological polar surface area (TPSA) is 66.7 Å². The number of hydrogen-bond acceptors (Lipinski definition) is 6. The van der Waals surface area contributed by atoms with Crippen LogP contribution < -0.4 is 0 Å². The first-order valence-electron chi connectivity index (χ1n) is 14.3. The van der Waals surface area contributed by atoms with E-state index in [9.17, 15) is 5.11 Å². The molecule has 2 aromatic heterocycles. The third-order valence-electron chi connectivity index (χ3n) is 8.36.